The molecular weight excluding hydrogens is 514 g/mol. The van der Waals surface area contributed by atoms with Gasteiger partial charge in [-0.1, -0.05) is 53.7 Å². The number of ether oxygens (including phenoxy) is 3. The van der Waals surface area contributed by atoms with Crippen molar-refractivity contribution in [3.63, 3.8) is 0 Å². The summed E-state index contributed by atoms with van der Waals surface area (Å²) in [5.74, 6) is 1.81. The van der Waals surface area contributed by atoms with Gasteiger partial charge < -0.3 is 14.2 Å². The Hall–Kier alpha value is -4.02. The van der Waals surface area contributed by atoms with E-state index in [-0.39, 0.29) is 11.7 Å². The Bertz CT molecular complexity index is 1370. The minimum Gasteiger partial charge on any atom is -0.493 e. The molecule has 3 aromatic carbocycles. The normalized spacial score (nSPS) is 10.9. The first-order valence-electron chi connectivity index (χ1n) is 11.1. The molecule has 37 heavy (non-hydrogen) atoms. The highest BCUT2D eigenvalue weighted by atomic mass is 35.5. The quantitative estimate of drug-likeness (QED) is 0.175. The molecule has 0 aliphatic rings. The Kier molecular flexibility index (Phi) is 8.65. The van der Waals surface area contributed by atoms with Crippen LogP contribution in [0.1, 0.15) is 5.56 Å². The van der Waals surface area contributed by atoms with Crippen molar-refractivity contribution < 1.29 is 19.0 Å². The van der Waals surface area contributed by atoms with Crippen LogP contribution in [-0.4, -0.2) is 54.0 Å². The van der Waals surface area contributed by atoms with Gasteiger partial charge in [0.05, 0.1) is 33.3 Å². The summed E-state index contributed by atoms with van der Waals surface area (Å²) in [5, 5.41) is 14.0. The zero-order chi connectivity index (χ0) is 26.2. The maximum atomic E-state index is 12.5. The van der Waals surface area contributed by atoms with E-state index >= 15 is 0 Å². The largest absolute Gasteiger partial charge is 0.493 e. The summed E-state index contributed by atoms with van der Waals surface area (Å²) in [4.78, 5) is 12.5. The Morgan fingerprint density at radius 2 is 1.68 bits per heavy atom. The Balaban J connectivity index is 1.59. The molecule has 11 heteroatoms. The second-order valence-electron chi connectivity index (χ2n) is 7.52. The first kappa shape index (κ1) is 26.1. The molecule has 4 aromatic rings. The van der Waals surface area contributed by atoms with Gasteiger partial charge in [0.25, 0.3) is 5.91 Å². The number of hydrogen-bond donors (Lipinski definition) is 1. The number of carbonyl (C=O) groups is 1. The number of rotatable bonds is 10. The van der Waals surface area contributed by atoms with Crippen LogP contribution in [0.25, 0.3) is 17.1 Å². The highest BCUT2D eigenvalue weighted by molar-refractivity contribution is 7.99. The van der Waals surface area contributed by atoms with Crippen molar-refractivity contribution in [1.29, 1.82) is 0 Å². The van der Waals surface area contributed by atoms with Crippen molar-refractivity contribution in [2.75, 3.05) is 27.1 Å². The molecule has 9 nitrogen and oxygen atoms in total. The molecule has 0 saturated heterocycles. The molecule has 0 saturated carbocycles. The van der Waals surface area contributed by atoms with Crippen molar-refractivity contribution in [1.82, 2.24) is 20.2 Å². The fourth-order valence-corrected chi connectivity index (χ4v) is 4.33. The summed E-state index contributed by atoms with van der Waals surface area (Å²) < 4.78 is 18.3. The van der Waals surface area contributed by atoms with Gasteiger partial charge in [-0.2, -0.15) is 5.10 Å². The van der Waals surface area contributed by atoms with Crippen LogP contribution in [0.4, 0.5) is 0 Å². The molecule has 0 fully saturated rings. The van der Waals surface area contributed by atoms with E-state index in [0.29, 0.717) is 38.8 Å². The third kappa shape index (κ3) is 6.22. The van der Waals surface area contributed by atoms with E-state index in [9.17, 15) is 4.79 Å². The molecule has 0 aliphatic heterocycles. The summed E-state index contributed by atoms with van der Waals surface area (Å²) in [7, 11) is 4.66. The number of thioether (sulfide) groups is 1. The first-order chi connectivity index (χ1) is 18.0. The Morgan fingerprint density at radius 3 is 2.30 bits per heavy atom. The molecule has 1 amide bonds. The summed E-state index contributed by atoms with van der Waals surface area (Å²) >= 11 is 7.13. The number of hydrazone groups is 1. The van der Waals surface area contributed by atoms with Gasteiger partial charge in [0.1, 0.15) is 0 Å². The van der Waals surface area contributed by atoms with Crippen LogP contribution in [0.5, 0.6) is 17.2 Å². The number of halogens is 1. The van der Waals surface area contributed by atoms with Crippen molar-refractivity contribution in [2.45, 2.75) is 5.16 Å². The van der Waals surface area contributed by atoms with E-state index in [1.54, 1.807) is 63.9 Å². The van der Waals surface area contributed by atoms with Crippen LogP contribution in [0.15, 0.2) is 77.0 Å². The van der Waals surface area contributed by atoms with E-state index < -0.39 is 0 Å². The second-order valence-corrected chi connectivity index (χ2v) is 8.90. The SMILES string of the molecule is COc1cc(-c2nnc(SCC(=O)NN=Cc3ccc(Cl)cc3)n2-c2ccccc2)cc(OC)c1OC. The smallest absolute Gasteiger partial charge is 0.250 e. The molecule has 0 bridgehead atoms. The highest BCUT2D eigenvalue weighted by Gasteiger charge is 2.21. The van der Waals surface area contributed by atoms with Crippen molar-refractivity contribution >= 4 is 35.5 Å². The second kappa shape index (κ2) is 12.3. The molecule has 0 atom stereocenters. The third-order valence-corrected chi connectivity index (χ3v) is 6.36. The van der Waals surface area contributed by atoms with Crippen molar-refractivity contribution in [3.8, 4) is 34.3 Å². The van der Waals surface area contributed by atoms with Crippen molar-refractivity contribution in [3.05, 3.63) is 77.3 Å². The summed E-state index contributed by atoms with van der Waals surface area (Å²) in [5.41, 5.74) is 4.88. The van der Waals surface area contributed by atoms with Gasteiger partial charge in [0.2, 0.25) is 5.75 Å². The van der Waals surface area contributed by atoms with Crippen LogP contribution in [0, 0.1) is 0 Å². The van der Waals surface area contributed by atoms with Gasteiger partial charge in [0, 0.05) is 16.3 Å². The first-order valence-corrected chi connectivity index (χ1v) is 12.4. The number of nitrogens with one attached hydrogen (secondary N) is 1. The predicted octanol–water partition coefficient (Wildman–Crippen LogP) is 4.86. The standard InChI is InChI=1S/C26H24ClN5O4S/c1-34-21-13-18(14-22(35-2)24(21)36-3)25-30-31-26(32(25)20-7-5-4-6-8-20)37-16-23(33)29-28-15-17-9-11-19(27)12-10-17/h4-15H,16H2,1-3H3,(H,29,33). The summed E-state index contributed by atoms with van der Waals surface area (Å²) in [6.45, 7) is 0. The third-order valence-electron chi connectivity index (χ3n) is 5.18. The van der Waals surface area contributed by atoms with Gasteiger partial charge in [-0.25, -0.2) is 5.43 Å². The predicted molar refractivity (Wildman–Crippen MR) is 144 cm³/mol. The molecule has 0 unspecified atom stereocenters. The molecule has 1 aromatic heterocycles. The van der Waals surface area contributed by atoms with Gasteiger partial charge >= 0.3 is 0 Å². The maximum Gasteiger partial charge on any atom is 0.250 e. The number of hydrogen-bond acceptors (Lipinski definition) is 8. The molecule has 1 N–H and O–H groups in total. The minimum absolute atomic E-state index is 0.0815. The monoisotopic (exact) mass is 537 g/mol. The van der Waals surface area contributed by atoms with E-state index in [4.69, 9.17) is 25.8 Å². The fourth-order valence-electron chi connectivity index (χ4n) is 3.46. The van der Waals surface area contributed by atoms with Gasteiger partial charge in [-0.05, 0) is 42.0 Å². The Labute approximate surface area is 223 Å². The minimum atomic E-state index is -0.285. The van der Waals surface area contributed by atoms with Gasteiger partial charge in [-0.15, -0.1) is 10.2 Å². The molecule has 0 aliphatic carbocycles. The zero-order valence-corrected chi connectivity index (χ0v) is 21.9. The molecule has 1 heterocycles. The number of para-hydroxylation sites is 1. The number of benzene rings is 3. The lowest BCUT2D eigenvalue weighted by Gasteiger charge is -2.15. The molecule has 0 spiro atoms. The van der Waals surface area contributed by atoms with Crippen LogP contribution in [0.2, 0.25) is 5.02 Å². The van der Waals surface area contributed by atoms with E-state index in [1.807, 2.05) is 34.9 Å². The average molecular weight is 538 g/mol. The highest BCUT2D eigenvalue weighted by Crippen LogP contribution is 2.41. The number of methoxy groups -OCH3 is 3. The van der Waals surface area contributed by atoms with Crippen LogP contribution >= 0.6 is 23.4 Å². The Morgan fingerprint density at radius 1 is 1.00 bits per heavy atom. The van der Waals surface area contributed by atoms with Gasteiger partial charge in [0.15, 0.2) is 22.5 Å². The van der Waals surface area contributed by atoms with Crippen LogP contribution < -0.4 is 19.6 Å². The number of carbonyl (C=O) groups excluding carboxylic acids is 1. The molecular formula is C26H24ClN5O4S. The number of nitrogens with zero attached hydrogens (tertiary/aromatic N) is 4. The number of amides is 1. The lowest BCUT2D eigenvalue weighted by Crippen LogP contribution is -2.20. The maximum absolute atomic E-state index is 12.5. The van der Waals surface area contributed by atoms with E-state index in [0.717, 1.165) is 11.3 Å². The molecule has 190 valence electrons. The fraction of sp³-hybridized carbons (Fsp3) is 0.154. The van der Waals surface area contributed by atoms with Gasteiger partial charge in [-0.3, -0.25) is 9.36 Å². The van der Waals surface area contributed by atoms with Crippen LogP contribution in [-0.2, 0) is 4.79 Å². The molecule has 0 radical (unpaired) electrons. The summed E-state index contributed by atoms with van der Waals surface area (Å²) in [6.07, 6.45) is 1.55. The topological polar surface area (TPSA) is 99.9 Å². The van der Waals surface area contributed by atoms with E-state index in [1.165, 1.54) is 11.8 Å². The summed E-state index contributed by atoms with van der Waals surface area (Å²) in [6, 6.07) is 20.4. The average Bonchev–Trinajstić information content (AvgIpc) is 3.36. The zero-order valence-electron chi connectivity index (χ0n) is 20.3. The number of aromatic nitrogens is 3. The van der Waals surface area contributed by atoms with E-state index in [2.05, 4.69) is 20.7 Å². The van der Waals surface area contributed by atoms with Crippen LogP contribution in [0.3, 0.4) is 0 Å². The van der Waals surface area contributed by atoms with Crippen molar-refractivity contribution in [2.24, 2.45) is 5.10 Å². The lowest BCUT2D eigenvalue weighted by molar-refractivity contribution is -0.118. The molecule has 4 rings (SSSR count). The lowest BCUT2D eigenvalue weighted by atomic mass is 10.1.